The molecule has 0 radical (unpaired) electrons. The first kappa shape index (κ1) is 20.2. The number of hydrogen-bond donors (Lipinski definition) is 1. The van der Waals surface area contributed by atoms with Crippen molar-refractivity contribution in [2.45, 2.75) is 6.92 Å². The summed E-state index contributed by atoms with van der Waals surface area (Å²) in [6.45, 7) is 2.26. The highest BCUT2D eigenvalue weighted by Gasteiger charge is 2.15. The second-order valence-corrected chi connectivity index (χ2v) is 6.16. The molecule has 1 amide bonds. The van der Waals surface area contributed by atoms with E-state index in [4.69, 9.17) is 25.5 Å². The highest BCUT2D eigenvalue weighted by molar-refractivity contribution is 6.32. The Labute approximate surface area is 170 Å². The van der Waals surface area contributed by atoms with Crippen molar-refractivity contribution in [3.8, 4) is 11.5 Å². The Morgan fingerprint density at radius 3 is 2.83 bits per heavy atom. The van der Waals surface area contributed by atoms with Crippen LogP contribution >= 0.6 is 11.6 Å². The standard InChI is InChI=1S/C19H16ClN3O6/c1-3-28-18-14(20)6-11(7-16(18)27-2)10-21-22-19(24)17-9-12-8-13(23(25)26)4-5-15(12)29-17/h4-10H,3H2,1-2H3,(H,22,24). The molecule has 0 unspecified atom stereocenters. The molecule has 0 aliphatic heterocycles. The minimum absolute atomic E-state index is 0.0278. The Bertz CT molecular complexity index is 1110. The fraction of sp³-hybridized carbons (Fsp3) is 0.158. The number of halogens is 1. The highest BCUT2D eigenvalue weighted by atomic mass is 35.5. The van der Waals surface area contributed by atoms with Gasteiger partial charge in [0.15, 0.2) is 17.3 Å². The lowest BCUT2D eigenvalue weighted by Crippen LogP contribution is -2.16. The maximum atomic E-state index is 12.2. The zero-order valence-corrected chi connectivity index (χ0v) is 16.2. The van der Waals surface area contributed by atoms with Crippen LogP contribution in [0.1, 0.15) is 23.0 Å². The average Bonchev–Trinajstić information content (AvgIpc) is 3.13. The van der Waals surface area contributed by atoms with Gasteiger partial charge in [0.25, 0.3) is 5.69 Å². The molecule has 9 nitrogen and oxygen atoms in total. The zero-order valence-electron chi connectivity index (χ0n) is 15.5. The number of methoxy groups -OCH3 is 1. The summed E-state index contributed by atoms with van der Waals surface area (Å²) in [4.78, 5) is 22.5. The number of nitro benzene ring substituents is 1. The maximum Gasteiger partial charge on any atom is 0.307 e. The number of rotatable bonds is 7. The van der Waals surface area contributed by atoms with E-state index in [2.05, 4.69) is 10.5 Å². The molecule has 0 saturated carbocycles. The Morgan fingerprint density at radius 1 is 1.34 bits per heavy atom. The third-order valence-electron chi connectivity index (χ3n) is 3.85. The van der Waals surface area contributed by atoms with E-state index in [1.54, 1.807) is 12.1 Å². The number of fused-ring (bicyclic) bond motifs is 1. The molecule has 0 atom stereocenters. The van der Waals surface area contributed by atoms with Crippen LogP contribution < -0.4 is 14.9 Å². The molecule has 1 heterocycles. The molecule has 0 aliphatic rings. The quantitative estimate of drug-likeness (QED) is 0.350. The molecule has 1 N–H and O–H groups in total. The van der Waals surface area contributed by atoms with Crippen molar-refractivity contribution >= 4 is 40.4 Å². The fourth-order valence-electron chi connectivity index (χ4n) is 2.58. The predicted molar refractivity (Wildman–Crippen MR) is 107 cm³/mol. The third-order valence-corrected chi connectivity index (χ3v) is 4.14. The number of hydrazone groups is 1. The van der Waals surface area contributed by atoms with Crippen LogP contribution in [0.15, 0.2) is 45.9 Å². The van der Waals surface area contributed by atoms with Crippen molar-refractivity contribution in [2.75, 3.05) is 13.7 Å². The van der Waals surface area contributed by atoms with Crippen LogP contribution in [0, 0.1) is 10.1 Å². The monoisotopic (exact) mass is 417 g/mol. The molecule has 0 aliphatic carbocycles. The topological polar surface area (TPSA) is 116 Å². The van der Waals surface area contributed by atoms with Gasteiger partial charge in [-0.15, -0.1) is 0 Å². The molecule has 0 spiro atoms. The van der Waals surface area contributed by atoms with Crippen LogP contribution in [-0.2, 0) is 0 Å². The second-order valence-electron chi connectivity index (χ2n) is 5.76. The van der Waals surface area contributed by atoms with Crippen LogP contribution in [0.5, 0.6) is 11.5 Å². The van der Waals surface area contributed by atoms with Gasteiger partial charge < -0.3 is 13.9 Å². The Morgan fingerprint density at radius 2 is 2.14 bits per heavy atom. The Hall–Kier alpha value is -3.59. The lowest BCUT2D eigenvalue weighted by molar-refractivity contribution is -0.384. The summed E-state index contributed by atoms with van der Waals surface area (Å²) in [7, 11) is 1.49. The largest absolute Gasteiger partial charge is 0.493 e. The van der Waals surface area contributed by atoms with E-state index in [0.717, 1.165) is 0 Å². The summed E-state index contributed by atoms with van der Waals surface area (Å²) in [6, 6.07) is 8.74. The summed E-state index contributed by atoms with van der Waals surface area (Å²) in [5.74, 6) is 0.226. The van der Waals surface area contributed by atoms with Gasteiger partial charge in [-0.3, -0.25) is 14.9 Å². The number of hydrogen-bond acceptors (Lipinski definition) is 7. The first-order valence-electron chi connectivity index (χ1n) is 8.44. The second kappa shape index (κ2) is 8.61. The van der Waals surface area contributed by atoms with E-state index in [0.29, 0.717) is 39.7 Å². The molecule has 0 saturated heterocycles. The van der Waals surface area contributed by atoms with Gasteiger partial charge in [-0.2, -0.15) is 5.10 Å². The summed E-state index contributed by atoms with van der Waals surface area (Å²) in [5.41, 5.74) is 3.17. The van der Waals surface area contributed by atoms with Gasteiger partial charge in [0.1, 0.15) is 5.58 Å². The Kier molecular flexibility index (Phi) is 5.99. The van der Waals surface area contributed by atoms with Crippen LogP contribution in [-0.4, -0.2) is 30.8 Å². The van der Waals surface area contributed by atoms with E-state index < -0.39 is 10.8 Å². The molecular formula is C19H16ClN3O6. The number of nitrogens with one attached hydrogen (secondary N) is 1. The fourth-order valence-corrected chi connectivity index (χ4v) is 2.85. The van der Waals surface area contributed by atoms with Gasteiger partial charge >= 0.3 is 5.91 Å². The minimum atomic E-state index is -0.607. The average molecular weight is 418 g/mol. The van der Waals surface area contributed by atoms with Gasteiger partial charge in [-0.1, -0.05) is 11.6 Å². The summed E-state index contributed by atoms with van der Waals surface area (Å²) in [6.07, 6.45) is 1.38. The molecule has 0 bridgehead atoms. The number of carbonyl (C=O) groups is 1. The van der Waals surface area contributed by atoms with E-state index >= 15 is 0 Å². The number of carbonyl (C=O) groups excluding carboxylic acids is 1. The third kappa shape index (κ3) is 4.46. The summed E-state index contributed by atoms with van der Waals surface area (Å²) >= 11 is 6.19. The van der Waals surface area contributed by atoms with Crippen molar-refractivity contribution in [2.24, 2.45) is 5.10 Å². The first-order valence-corrected chi connectivity index (χ1v) is 8.82. The summed E-state index contributed by atoms with van der Waals surface area (Å²) in [5, 5.41) is 15.5. The Balaban J connectivity index is 1.75. The molecule has 3 rings (SSSR count). The smallest absolute Gasteiger partial charge is 0.307 e. The van der Waals surface area contributed by atoms with Gasteiger partial charge in [-0.25, -0.2) is 5.43 Å². The number of furan rings is 1. The predicted octanol–water partition coefficient (Wildman–Crippen LogP) is 4.17. The molecular weight excluding hydrogens is 402 g/mol. The van der Waals surface area contributed by atoms with Crippen LogP contribution in [0.25, 0.3) is 11.0 Å². The number of amides is 1. The number of ether oxygens (including phenoxy) is 2. The van der Waals surface area contributed by atoms with Gasteiger partial charge in [0, 0.05) is 17.5 Å². The van der Waals surface area contributed by atoms with E-state index in [1.165, 1.54) is 37.6 Å². The van der Waals surface area contributed by atoms with Crippen molar-refractivity contribution in [3.63, 3.8) is 0 Å². The van der Waals surface area contributed by atoms with Crippen LogP contribution in [0.2, 0.25) is 5.02 Å². The van der Waals surface area contributed by atoms with E-state index in [9.17, 15) is 14.9 Å². The molecule has 150 valence electrons. The van der Waals surface area contributed by atoms with E-state index in [1.807, 2.05) is 6.92 Å². The maximum absolute atomic E-state index is 12.2. The zero-order chi connectivity index (χ0) is 21.0. The van der Waals surface area contributed by atoms with Crippen molar-refractivity contribution in [3.05, 3.63) is 62.9 Å². The van der Waals surface area contributed by atoms with Crippen LogP contribution in [0.4, 0.5) is 5.69 Å². The van der Waals surface area contributed by atoms with Gasteiger partial charge in [0.05, 0.1) is 29.9 Å². The minimum Gasteiger partial charge on any atom is -0.493 e. The van der Waals surface area contributed by atoms with Crippen molar-refractivity contribution < 1.29 is 23.6 Å². The summed E-state index contributed by atoms with van der Waals surface area (Å²) < 4.78 is 16.1. The molecule has 10 heteroatoms. The number of nitrogens with zero attached hydrogens (tertiary/aromatic N) is 2. The van der Waals surface area contributed by atoms with Crippen molar-refractivity contribution in [1.29, 1.82) is 0 Å². The van der Waals surface area contributed by atoms with E-state index in [-0.39, 0.29) is 11.4 Å². The molecule has 3 aromatic rings. The van der Waals surface area contributed by atoms with Crippen molar-refractivity contribution in [1.82, 2.24) is 5.43 Å². The van der Waals surface area contributed by atoms with Gasteiger partial charge in [0.2, 0.25) is 0 Å². The molecule has 2 aromatic carbocycles. The lowest BCUT2D eigenvalue weighted by Gasteiger charge is -2.11. The number of nitro groups is 1. The van der Waals surface area contributed by atoms with Crippen LogP contribution in [0.3, 0.4) is 0 Å². The lowest BCUT2D eigenvalue weighted by atomic mass is 10.2. The SMILES string of the molecule is CCOc1c(Cl)cc(C=NNC(=O)c2cc3cc([N+](=O)[O-])ccc3o2)cc1OC. The normalized spacial score (nSPS) is 11.0. The first-order chi connectivity index (χ1) is 13.9. The molecule has 29 heavy (non-hydrogen) atoms. The highest BCUT2D eigenvalue weighted by Crippen LogP contribution is 2.36. The molecule has 1 aromatic heterocycles. The van der Waals surface area contributed by atoms with Gasteiger partial charge in [-0.05, 0) is 36.8 Å². The molecule has 0 fully saturated rings. The number of non-ortho nitro benzene ring substituents is 1. The number of benzene rings is 2.